The van der Waals surface area contributed by atoms with Gasteiger partial charge in [0.15, 0.2) is 0 Å². The largest absolute Gasteiger partial charge is 0.493 e. The van der Waals surface area contributed by atoms with Crippen LogP contribution in [0.3, 0.4) is 0 Å². The van der Waals surface area contributed by atoms with Gasteiger partial charge in [0, 0.05) is 30.7 Å². The minimum absolute atomic E-state index is 0.524. The number of carbonyl (C=O) groups is 1. The average molecular weight is 376 g/mol. The van der Waals surface area contributed by atoms with Crippen LogP contribution in [0.4, 0.5) is 28.8 Å². The SMILES string of the molecule is C=NNc1cccc(Nc2ccnc(Nc3ccc4c(c3)CCO4)n2)c1.C=O. The fourth-order valence-corrected chi connectivity index (χ4v) is 2.79. The Balaban J connectivity index is 0.00000109. The van der Waals surface area contributed by atoms with Crippen molar-refractivity contribution in [2.24, 2.45) is 5.10 Å². The number of aromatic nitrogens is 2. The Morgan fingerprint density at radius 2 is 1.82 bits per heavy atom. The van der Waals surface area contributed by atoms with E-state index in [1.54, 1.807) is 6.20 Å². The summed E-state index contributed by atoms with van der Waals surface area (Å²) in [5.41, 5.74) is 6.69. The molecule has 0 radical (unpaired) electrons. The summed E-state index contributed by atoms with van der Waals surface area (Å²) in [4.78, 5) is 16.8. The first kappa shape index (κ1) is 18.8. The number of hydrazone groups is 1. The Kier molecular flexibility index (Phi) is 6.14. The summed E-state index contributed by atoms with van der Waals surface area (Å²) in [5.74, 6) is 2.17. The Labute approximate surface area is 162 Å². The highest BCUT2D eigenvalue weighted by molar-refractivity contribution is 5.64. The average Bonchev–Trinajstić information content (AvgIpc) is 3.18. The molecule has 2 aromatic carbocycles. The zero-order valence-corrected chi connectivity index (χ0v) is 15.2. The maximum Gasteiger partial charge on any atom is 0.229 e. The van der Waals surface area contributed by atoms with Gasteiger partial charge in [0.05, 0.1) is 12.3 Å². The molecule has 0 saturated heterocycles. The number of ether oxygens (including phenoxy) is 1. The van der Waals surface area contributed by atoms with E-state index in [0.717, 1.165) is 35.8 Å². The molecule has 3 aromatic rings. The third kappa shape index (κ3) is 4.61. The van der Waals surface area contributed by atoms with Gasteiger partial charge >= 0.3 is 0 Å². The fraction of sp³-hybridized carbons (Fsp3) is 0.100. The molecule has 0 spiro atoms. The molecule has 1 aromatic heterocycles. The number of nitrogens with one attached hydrogen (secondary N) is 3. The fourth-order valence-electron chi connectivity index (χ4n) is 2.79. The zero-order chi connectivity index (χ0) is 19.8. The normalized spacial score (nSPS) is 11.3. The van der Waals surface area contributed by atoms with Crippen molar-refractivity contribution >= 4 is 42.3 Å². The first-order valence-electron chi connectivity index (χ1n) is 8.54. The molecule has 28 heavy (non-hydrogen) atoms. The molecule has 0 saturated carbocycles. The van der Waals surface area contributed by atoms with Gasteiger partial charge in [0.1, 0.15) is 18.4 Å². The number of benzene rings is 2. The van der Waals surface area contributed by atoms with E-state index in [2.05, 4.69) is 43.9 Å². The lowest BCUT2D eigenvalue weighted by Crippen LogP contribution is -2.00. The Morgan fingerprint density at radius 3 is 2.68 bits per heavy atom. The summed E-state index contributed by atoms with van der Waals surface area (Å²) >= 11 is 0. The molecule has 0 atom stereocenters. The summed E-state index contributed by atoms with van der Waals surface area (Å²) in [6, 6.07) is 15.5. The second kappa shape index (κ2) is 9.13. The van der Waals surface area contributed by atoms with E-state index >= 15 is 0 Å². The highest BCUT2D eigenvalue weighted by Gasteiger charge is 2.12. The molecule has 2 heterocycles. The molecule has 0 unspecified atom stereocenters. The lowest BCUT2D eigenvalue weighted by molar-refractivity contribution is -0.0979. The van der Waals surface area contributed by atoms with E-state index in [9.17, 15) is 0 Å². The van der Waals surface area contributed by atoms with Crippen LogP contribution in [0.1, 0.15) is 5.56 Å². The predicted molar refractivity (Wildman–Crippen MR) is 111 cm³/mol. The molecular formula is C20H20N6O2. The van der Waals surface area contributed by atoms with Crippen molar-refractivity contribution in [3.05, 3.63) is 60.3 Å². The molecule has 8 nitrogen and oxygen atoms in total. The molecule has 142 valence electrons. The van der Waals surface area contributed by atoms with Crippen LogP contribution in [0.2, 0.25) is 0 Å². The van der Waals surface area contributed by atoms with Crippen molar-refractivity contribution in [1.82, 2.24) is 9.97 Å². The molecule has 8 heteroatoms. The molecule has 1 aliphatic heterocycles. The van der Waals surface area contributed by atoms with Crippen LogP contribution < -0.4 is 20.8 Å². The van der Waals surface area contributed by atoms with Crippen molar-refractivity contribution in [1.29, 1.82) is 0 Å². The summed E-state index contributed by atoms with van der Waals surface area (Å²) < 4.78 is 5.53. The number of fused-ring (bicyclic) bond motifs is 1. The van der Waals surface area contributed by atoms with Gasteiger partial charge in [-0.15, -0.1) is 0 Å². The number of nitrogens with zero attached hydrogens (tertiary/aromatic N) is 3. The molecule has 1 aliphatic rings. The van der Waals surface area contributed by atoms with Crippen LogP contribution >= 0.6 is 0 Å². The van der Waals surface area contributed by atoms with E-state index in [1.165, 1.54) is 5.56 Å². The van der Waals surface area contributed by atoms with Gasteiger partial charge in [-0.05, 0) is 48.0 Å². The topological polar surface area (TPSA) is 101 Å². The van der Waals surface area contributed by atoms with Gasteiger partial charge in [-0.3, -0.25) is 5.43 Å². The van der Waals surface area contributed by atoms with Crippen LogP contribution in [0.25, 0.3) is 0 Å². The third-order valence-corrected chi connectivity index (χ3v) is 3.94. The van der Waals surface area contributed by atoms with Crippen molar-refractivity contribution in [2.45, 2.75) is 6.42 Å². The molecule has 0 aliphatic carbocycles. The van der Waals surface area contributed by atoms with E-state index < -0.39 is 0 Å². The van der Waals surface area contributed by atoms with Crippen molar-refractivity contribution in [3.63, 3.8) is 0 Å². The Bertz CT molecular complexity index is 963. The van der Waals surface area contributed by atoms with E-state index in [0.29, 0.717) is 11.8 Å². The predicted octanol–water partition coefficient (Wildman–Crippen LogP) is 3.74. The molecule has 0 amide bonds. The Hall–Kier alpha value is -3.94. The van der Waals surface area contributed by atoms with Gasteiger partial charge in [0.25, 0.3) is 0 Å². The Morgan fingerprint density at radius 1 is 1.00 bits per heavy atom. The first-order valence-corrected chi connectivity index (χ1v) is 8.54. The maximum atomic E-state index is 8.00. The van der Waals surface area contributed by atoms with Gasteiger partial charge < -0.3 is 20.2 Å². The minimum Gasteiger partial charge on any atom is -0.493 e. The van der Waals surface area contributed by atoms with Crippen LogP contribution in [0, 0.1) is 0 Å². The van der Waals surface area contributed by atoms with Gasteiger partial charge in [0.2, 0.25) is 5.95 Å². The van der Waals surface area contributed by atoms with Crippen LogP contribution in [-0.4, -0.2) is 30.1 Å². The first-order chi connectivity index (χ1) is 13.8. The van der Waals surface area contributed by atoms with Crippen LogP contribution in [0.5, 0.6) is 5.75 Å². The lowest BCUT2D eigenvalue weighted by atomic mass is 10.1. The summed E-state index contributed by atoms with van der Waals surface area (Å²) in [6.45, 7) is 6.16. The van der Waals surface area contributed by atoms with Gasteiger partial charge in [-0.1, -0.05) is 6.07 Å². The highest BCUT2D eigenvalue weighted by Crippen LogP contribution is 2.29. The van der Waals surface area contributed by atoms with Gasteiger partial charge in [-0.25, -0.2) is 4.98 Å². The zero-order valence-electron chi connectivity index (χ0n) is 15.2. The number of carbonyl (C=O) groups excluding carboxylic acids is 1. The smallest absolute Gasteiger partial charge is 0.229 e. The minimum atomic E-state index is 0.524. The maximum absolute atomic E-state index is 8.00. The second-order valence-electron chi connectivity index (χ2n) is 5.79. The van der Waals surface area contributed by atoms with Crippen molar-refractivity contribution < 1.29 is 9.53 Å². The number of hydrogen-bond donors (Lipinski definition) is 3. The molecule has 3 N–H and O–H groups in total. The summed E-state index contributed by atoms with van der Waals surface area (Å²) in [6.07, 6.45) is 2.64. The van der Waals surface area contributed by atoms with E-state index in [4.69, 9.17) is 9.53 Å². The van der Waals surface area contributed by atoms with E-state index in [-0.39, 0.29) is 0 Å². The second-order valence-corrected chi connectivity index (χ2v) is 5.79. The van der Waals surface area contributed by atoms with E-state index in [1.807, 2.05) is 49.3 Å². The van der Waals surface area contributed by atoms with Crippen molar-refractivity contribution in [3.8, 4) is 5.75 Å². The lowest BCUT2D eigenvalue weighted by Gasteiger charge is -2.10. The number of anilines is 5. The highest BCUT2D eigenvalue weighted by atomic mass is 16.5. The third-order valence-electron chi connectivity index (χ3n) is 3.94. The number of rotatable bonds is 6. The standard InChI is InChI=1S/C19H18N6O.CH2O/c1-20-25-16-4-2-3-14(12-16)22-18-7-9-21-19(24-18)23-15-5-6-17-13(11-15)8-10-26-17;1-2/h2-7,9,11-12,25H,1,8,10H2,(H2,21,22,23,24);1H2. The monoisotopic (exact) mass is 376 g/mol. The van der Waals surface area contributed by atoms with Crippen LogP contribution in [-0.2, 0) is 11.2 Å². The number of hydrogen-bond acceptors (Lipinski definition) is 8. The molecule has 0 fully saturated rings. The quantitative estimate of drug-likeness (QED) is 0.445. The molecular weight excluding hydrogens is 356 g/mol. The van der Waals surface area contributed by atoms with Crippen LogP contribution in [0.15, 0.2) is 59.8 Å². The summed E-state index contributed by atoms with van der Waals surface area (Å²) in [5, 5.41) is 10.2. The molecule has 4 rings (SSSR count). The van der Waals surface area contributed by atoms with Crippen molar-refractivity contribution in [2.75, 3.05) is 22.7 Å². The molecule has 0 bridgehead atoms. The summed E-state index contributed by atoms with van der Waals surface area (Å²) in [7, 11) is 0. The van der Waals surface area contributed by atoms with Gasteiger partial charge in [-0.2, -0.15) is 10.1 Å².